The Hall–Kier alpha value is -1.30. The van der Waals surface area contributed by atoms with Gasteiger partial charge in [0.15, 0.2) is 37.2 Å². The molecule has 7 heterocycles. The Labute approximate surface area is 488 Å². The molecule has 14 N–H and O–H groups in total. The van der Waals surface area contributed by atoms with Gasteiger partial charge in [-0.15, -0.1) is 0 Å². The highest BCUT2D eigenvalue weighted by Crippen LogP contribution is 2.80. The summed E-state index contributed by atoms with van der Waals surface area (Å²) in [4.78, 5) is 0. The van der Waals surface area contributed by atoms with Gasteiger partial charge in [0.2, 0.25) is 0 Å². The molecule has 11 fully saturated rings. The molecule has 26 heteroatoms. The number of fused-ring (bicyclic) bond motifs is 4. The third kappa shape index (κ3) is 10.5. The highest BCUT2D eigenvalue weighted by atomic mass is 16.8. The Morgan fingerprint density at radius 2 is 1.21 bits per heavy atom. The van der Waals surface area contributed by atoms with Gasteiger partial charge in [0.1, 0.15) is 104 Å². The predicted octanol–water partition coefficient (Wildman–Crippen LogP) is -2.72. The third-order valence-electron chi connectivity index (χ3n) is 22.5. The van der Waals surface area contributed by atoms with Crippen molar-refractivity contribution in [3.8, 4) is 0 Å². The highest BCUT2D eigenvalue weighted by molar-refractivity contribution is 5.27. The van der Waals surface area contributed by atoms with Crippen LogP contribution in [0.4, 0.5) is 0 Å². The molecule has 84 heavy (non-hydrogen) atoms. The van der Waals surface area contributed by atoms with Gasteiger partial charge in [-0.05, 0) is 100 Å². The Morgan fingerprint density at radius 1 is 0.583 bits per heavy atom. The van der Waals surface area contributed by atoms with Crippen LogP contribution in [0.25, 0.3) is 0 Å². The first-order valence-corrected chi connectivity index (χ1v) is 30.3. The minimum absolute atomic E-state index is 0.110. The van der Waals surface area contributed by atoms with Crippen molar-refractivity contribution in [2.24, 2.45) is 45.3 Å². The number of hydrogen-bond donors (Lipinski definition) is 14. The summed E-state index contributed by atoms with van der Waals surface area (Å²) < 4.78 is 75.5. The van der Waals surface area contributed by atoms with Gasteiger partial charge < -0.3 is 128 Å². The van der Waals surface area contributed by atoms with E-state index in [0.717, 1.165) is 44.1 Å². The van der Waals surface area contributed by atoms with E-state index in [2.05, 4.69) is 33.8 Å². The van der Waals surface area contributed by atoms with E-state index in [1.54, 1.807) is 0 Å². The van der Waals surface area contributed by atoms with Crippen LogP contribution in [-0.2, 0) is 56.8 Å². The second-order valence-corrected chi connectivity index (χ2v) is 28.2. The second-order valence-electron chi connectivity index (χ2n) is 28.2. The summed E-state index contributed by atoms with van der Waals surface area (Å²) in [5, 5.41) is 154. The molecule has 0 amide bonds. The Morgan fingerprint density at radius 3 is 1.93 bits per heavy atom. The van der Waals surface area contributed by atoms with Crippen LogP contribution >= 0.6 is 0 Å². The first-order valence-electron chi connectivity index (χ1n) is 30.3. The lowest BCUT2D eigenvalue weighted by molar-refractivity contribution is -0.401. The fourth-order valence-corrected chi connectivity index (χ4v) is 18.3. The van der Waals surface area contributed by atoms with Gasteiger partial charge in [-0.1, -0.05) is 39.3 Å². The first kappa shape index (κ1) is 64.2. The molecule has 2 bridgehead atoms. The fourth-order valence-electron chi connectivity index (χ4n) is 18.3. The second kappa shape index (κ2) is 23.4. The van der Waals surface area contributed by atoms with E-state index in [-0.39, 0.29) is 46.0 Å². The van der Waals surface area contributed by atoms with Crippen molar-refractivity contribution in [2.45, 2.75) is 272 Å². The lowest BCUT2D eigenvalue weighted by atomic mass is 9.35. The van der Waals surface area contributed by atoms with Crippen LogP contribution in [0.15, 0.2) is 11.6 Å². The number of hydrogen-bond acceptors (Lipinski definition) is 26. The van der Waals surface area contributed by atoms with E-state index in [1.807, 2.05) is 20.8 Å². The normalized spacial score (nSPS) is 57.1. The Bertz CT molecular complexity index is 2330. The molecule has 0 aromatic carbocycles. The average Bonchev–Trinajstić information content (AvgIpc) is 1.44. The van der Waals surface area contributed by atoms with Crippen LogP contribution in [0.3, 0.4) is 0 Å². The van der Waals surface area contributed by atoms with Crippen molar-refractivity contribution >= 4 is 0 Å². The largest absolute Gasteiger partial charge is 0.394 e. The summed E-state index contributed by atoms with van der Waals surface area (Å²) in [6.45, 7) is 14.8. The van der Waals surface area contributed by atoms with Crippen LogP contribution < -0.4 is 0 Å². The number of rotatable bonds is 13. The summed E-state index contributed by atoms with van der Waals surface area (Å²) in [5.74, 6) is -0.440. The molecule has 34 atom stereocenters. The van der Waals surface area contributed by atoms with Gasteiger partial charge in [0.05, 0.1) is 56.9 Å². The number of allylic oxidation sites excluding steroid dienone is 1. The predicted molar refractivity (Wildman–Crippen MR) is 283 cm³/mol. The zero-order valence-corrected chi connectivity index (χ0v) is 49.2. The Balaban J connectivity index is 0.870. The van der Waals surface area contributed by atoms with E-state index >= 15 is 0 Å². The van der Waals surface area contributed by atoms with E-state index < -0.39 is 191 Å². The van der Waals surface area contributed by atoms with Crippen molar-refractivity contribution < 1.29 is 128 Å². The van der Waals surface area contributed by atoms with Crippen molar-refractivity contribution in [1.29, 1.82) is 0 Å². The van der Waals surface area contributed by atoms with E-state index in [1.165, 1.54) is 6.92 Å². The molecule has 2 spiro atoms. The summed E-state index contributed by atoms with van der Waals surface area (Å²) in [6, 6.07) is 0. The maximum absolute atomic E-state index is 12.3. The smallest absolute Gasteiger partial charge is 0.187 e. The molecule has 4 aliphatic carbocycles. The number of ether oxygens (including phenoxy) is 12. The molecule has 26 nitrogen and oxygen atoms in total. The molecule has 482 valence electrons. The maximum Gasteiger partial charge on any atom is 0.187 e. The topological polar surface area (TPSA) is 394 Å². The lowest BCUT2D eigenvalue weighted by Gasteiger charge is -2.70. The monoisotopic (exact) mass is 1210 g/mol. The van der Waals surface area contributed by atoms with Gasteiger partial charge in [0.25, 0.3) is 0 Å². The Kier molecular flexibility index (Phi) is 17.9. The third-order valence-corrected chi connectivity index (χ3v) is 22.5. The highest BCUT2D eigenvalue weighted by Gasteiger charge is 2.81. The maximum atomic E-state index is 12.3. The molecule has 0 radical (unpaired) electrons. The molecule has 7 aliphatic heterocycles. The van der Waals surface area contributed by atoms with Crippen molar-refractivity contribution in [3.05, 3.63) is 11.6 Å². The molecular weight excluding hydrogens is 1110 g/mol. The minimum atomic E-state index is -2.04. The average molecular weight is 1210 g/mol. The first-order chi connectivity index (χ1) is 39.4. The van der Waals surface area contributed by atoms with Crippen LogP contribution in [0.1, 0.15) is 107 Å². The summed E-state index contributed by atoms with van der Waals surface area (Å²) in [7, 11) is 0. The van der Waals surface area contributed by atoms with Gasteiger partial charge in [-0.3, -0.25) is 0 Å². The zero-order chi connectivity index (χ0) is 60.7. The van der Waals surface area contributed by atoms with Crippen molar-refractivity contribution in [2.75, 3.05) is 33.0 Å². The van der Waals surface area contributed by atoms with Crippen LogP contribution in [0.2, 0.25) is 0 Å². The minimum Gasteiger partial charge on any atom is -0.394 e. The van der Waals surface area contributed by atoms with Gasteiger partial charge in [-0.2, -0.15) is 0 Å². The van der Waals surface area contributed by atoms with Crippen molar-refractivity contribution in [1.82, 2.24) is 0 Å². The van der Waals surface area contributed by atoms with Gasteiger partial charge in [0, 0.05) is 24.2 Å². The van der Waals surface area contributed by atoms with Crippen LogP contribution in [0.5, 0.6) is 0 Å². The number of aliphatic hydroxyl groups excluding tert-OH is 13. The molecule has 11 rings (SSSR count). The van der Waals surface area contributed by atoms with Crippen LogP contribution in [0, 0.1) is 45.3 Å². The molecule has 11 aliphatic rings. The molecule has 10 unspecified atom stereocenters. The summed E-state index contributed by atoms with van der Waals surface area (Å²) >= 11 is 0. The molecule has 4 saturated carbocycles. The van der Waals surface area contributed by atoms with E-state index in [4.69, 9.17) is 56.8 Å². The van der Waals surface area contributed by atoms with E-state index in [0.29, 0.717) is 19.4 Å². The molecule has 7 saturated heterocycles. The van der Waals surface area contributed by atoms with Gasteiger partial charge >= 0.3 is 0 Å². The zero-order valence-electron chi connectivity index (χ0n) is 49.2. The van der Waals surface area contributed by atoms with E-state index in [9.17, 15) is 71.5 Å². The molecular formula is C58H94O26. The summed E-state index contributed by atoms with van der Waals surface area (Å²) in [5.41, 5.74) is -0.980. The quantitative estimate of drug-likeness (QED) is 0.0658. The number of aliphatic hydroxyl groups is 14. The fraction of sp³-hybridized carbons (Fsp3) is 0.966. The summed E-state index contributed by atoms with van der Waals surface area (Å²) in [6.07, 6.45) is -31.8. The standard InChI is InChI=1S/C58H94O26/c1-23(2)15-25-16-56(8,72)47-26-9-10-32-54(6)13-12-33(53(4,5)31(54)11-14-55(32,7)57(26)21-58(47,84-25)76-22-57)80-51-46(83-50-43(71)38(66)34(62)24(3)77-50)44(28(61)19-74-51)81-52-45(82-49-41(69)35(63)27(60)18-73-49)40(68)37(65)30(79-52)20-75-48-42(70)39(67)36(64)29(17-59)78-48/h15,24-52,59-72H,9-14,16-22H2,1-8H3/t24-,25?,26?,27-,28-,29-,30-,31?,32?,33?,34+,35-,36-,37-,38-,39-,40-,41-,42-,43-,44-,45-,46-,47?,48-,49+,50+,51+,52+,54+,55?,56?,57?,58?/m1/s1. The molecule has 0 aromatic rings. The molecule has 0 aromatic heterocycles. The van der Waals surface area contributed by atoms with Gasteiger partial charge in [-0.25, -0.2) is 0 Å². The lowest BCUT2D eigenvalue weighted by Crippen LogP contribution is -2.68. The SMILES string of the molecule is CC(C)=CC1CC(C)(O)C2C3CCC4C(C)(CCC5C(C)(C)C(O[C@@H]6OC[C@@H](O)[C@@H](O[C@@H]7O[C@H](CO[C@@H]8O[C@H](CO)[C@@H](O)[C@@H](O)[C@H]8O)[C@@H](O)[C@@H](O)[C@H]7O[C@@H]7OC[C@@H](O)[C@@H](O)[C@H]7O)[C@H]6O[C@@H]6O[C@H](C)[C@H](O)[C@@H](O)[C@H]6O)CC[C@@]54C)C34COC2(C4)O1. The van der Waals surface area contributed by atoms with Crippen molar-refractivity contribution in [3.63, 3.8) is 0 Å². The van der Waals surface area contributed by atoms with Crippen LogP contribution in [-0.4, -0.2) is 269 Å².